The van der Waals surface area contributed by atoms with Gasteiger partial charge in [-0.25, -0.2) is 4.68 Å². The molecule has 1 rings (SSSR count). The second kappa shape index (κ2) is 7.61. The molecular formula is C13H22N4O4. The Morgan fingerprint density at radius 3 is 2.62 bits per heavy atom. The molecule has 0 saturated carbocycles. The van der Waals surface area contributed by atoms with Crippen molar-refractivity contribution in [2.24, 2.45) is 7.05 Å². The first kappa shape index (κ1) is 16.9. The van der Waals surface area contributed by atoms with Gasteiger partial charge in [0, 0.05) is 13.1 Å². The summed E-state index contributed by atoms with van der Waals surface area (Å²) < 4.78 is 1.42. The van der Waals surface area contributed by atoms with Crippen LogP contribution >= 0.6 is 0 Å². The fourth-order valence-electron chi connectivity index (χ4n) is 2.31. The largest absolute Gasteiger partial charge is 0.481 e. The van der Waals surface area contributed by atoms with Crippen molar-refractivity contribution in [2.45, 2.75) is 52.0 Å². The van der Waals surface area contributed by atoms with E-state index in [-0.39, 0.29) is 24.0 Å². The summed E-state index contributed by atoms with van der Waals surface area (Å²) in [5.74, 6) is -0.650. The van der Waals surface area contributed by atoms with Crippen LogP contribution in [-0.2, 0) is 18.3 Å². The Kier molecular flexibility index (Phi) is 6.13. The molecule has 21 heavy (non-hydrogen) atoms. The van der Waals surface area contributed by atoms with Crippen LogP contribution in [0.15, 0.2) is 0 Å². The second-order valence-corrected chi connectivity index (χ2v) is 5.00. The number of nitrogens with one attached hydrogen (secondary N) is 1. The fraction of sp³-hybridized carbons (Fsp3) is 0.692. The van der Waals surface area contributed by atoms with Crippen LogP contribution in [0.3, 0.4) is 0 Å². The lowest BCUT2D eigenvalue weighted by molar-refractivity contribution is -0.384. The monoisotopic (exact) mass is 298 g/mol. The Morgan fingerprint density at radius 1 is 1.48 bits per heavy atom. The minimum absolute atomic E-state index is 0.0501. The molecule has 0 spiro atoms. The molecule has 0 saturated heterocycles. The minimum atomic E-state index is -0.931. The summed E-state index contributed by atoms with van der Waals surface area (Å²) >= 11 is 0. The summed E-state index contributed by atoms with van der Waals surface area (Å²) in [6.45, 7) is 3.87. The number of anilines is 1. The van der Waals surface area contributed by atoms with Crippen molar-refractivity contribution in [2.75, 3.05) is 5.32 Å². The number of aromatic nitrogens is 2. The van der Waals surface area contributed by atoms with E-state index >= 15 is 0 Å². The molecule has 0 aromatic carbocycles. The summed E-state index contributed by atoms with van der Waals surface area (Å²) in [4.78, 5) is 21.7. The predicted octanol–water partition coefficient (Wildman–Crippen LogP) is 2.34. The first-order valence-electron chi connectivity index (χ1n) is 7.09. The van der Waals surface area contributed by atoms with E-state index in [2.05, 4.69) is 10.4 Å². The highest BCUT2D eigenvalue weighted by Crippen LogP contribution is 2.30. The summed E-state index contributed by atoms with van der Waals surface area (Å²) in [6, 6.07) is -0.351. The molecule has 0 amide bonds. The van der Waals surface area contributed by atoms with Crippen molar-refractivity contribution in [3.8, 4) is 0 Å². The fourth-order valence-corrected chi connectivity index (χ4v) is 2.31. The van der Waals surface area contributed by atoms with E-state index in [4.69, 9.17) is 5.11 Å². The summed E-state index contributed by atoms with van der Waals surface area (Å²) in [7, 11) is 1.62. The third kappa shape index (κ3) is 4.44. The van der Waals surface area contributed by atoms with Crippen molar-refractivity contribution in [1.82, 2.24) is 9.78 Å². The van der Waals surface area contributed by atoms with Crippen LogP contribution in [0.2, 0.25) is 0 Å². The SMILES string of the molecule is CCCc1nn(C)c(NC(CCC)CC(=O)O)c1[N+](=O)[O-]. The standard InChI is InChI=1S/C13H22N4O4/c1-4-6-9(8-11(18)19)14-13-12(17(20)21)10(7-5-2)15-16(13)3/h9,14H,4-8H2,1-3H3,(H,18,19). The van der Waals surface area contributed by atoms with Gasteiger partial charge < -0.3 is 10.4 Å². The molecule has 118 valence electrons. The lowest BCUT2D eigenvalue weighted by Crippen LogP contribution is -2.24. The Morgan fingerprint density at radius 2 is 2.14 bits per heavy atom. The van der Waals surface area contributed by atoms with E-state index < -0.39 is 10.9 Å². The molecule has 0 fully saturated rings. The van der Waals surface area contributed by atoms with Gasteiger partial charge in [-0.2, -0.15) is 5.10 Å². The Bertz CT molecular complexity index is 513. The van der Waals surface area contributed by atoms with Gasteiger partial charge in [0.25, 0.3) is 0 Å². The van der Waals surface area contributed by atoms with Crippen LogP contribution < -0.4 is 5.32 Å². The summed E-state index contributed by atoms with van der Waals surface area (Å²) in [6.07, 6.45) is 2.60. The predicted molar refractivity (Wildman–Crippen MR) is 78.4 cm³/mol. The number of carboxylic acids is 1. The maximum Gasteiger partial charge on any atom is 0.333 e. The Hall–Kier alpha value is -2.12. The highest BCUT2D eigenvalue weighted by molar-refractivity contribution is 5.69. The molecule has 1 unspecified atom stereocenters. The minimum Gasteiger partial charge on any atom is -0.481 e. The van der Waals surface area contributed by atoms with Gasteiger partial charge in [-0.05, 0) is 12.8 Å². The number of aliphatic carboxylic acids is 1. The third-order valence-corrected chi connectivity index (χ3v) is 3.16. The van der Waals surface area contributed by atoms with Crippen LogP contribution in [0.4, 0.5) is 11.5 Å². The number of rotatable bonds is 9. The molecule has 0 bridgehead atoms. The van der Waals surface area contributed by atoms with Gasteiger partial charge in [-0.15, -0.1) is 0 Å². The van der Waals surface area contributed by atoms with E-state index in [0.29, 0.717) is 18.5 Å². The molecule has 1 aromatic heterocycles. The smallest absolute Gasteiger partial charge is 0.333 e. The topological polar surface area (TPSA) is 110 Å². The van der Waals surface area contributed by atoms with Crippen LogP contribution in [0.25, 0.3) is 0 Å². The first-order chi connectivity index (χ1) is 9.90. The molecule has 0 radical (unpaired) electrons. The van der Waals surface area contributed by atoms with Crippen LogP contribution in [0, 0.1) is 10.1 Å². The maximum atomic E-state index is 11.3. The maximum absolute atomic E-state index is 11.3. The van der Waals surface area contributed by atoms with E-state index in [1.165, 1.54) is 4.68 Å². The molecule has 0 aliphatic carbocycles. The van der Waals surface area contributed by atoms with Gasteiger partial charge in [0.2, 0.25) is 5.82 Å². The zero-order chi connectivity index (χ0) is 16.0. The number of carboxylic acid groups (broad SMARTS) is 1. The van der Waals surface area contributed by atoms with Crippen molar-refractivity contribution < 1.29 is 14.8 Å². The van der Waals surface area contributed by atoms with Gasteiger partial charge in [0.15, 0.2) is 0 Å². The van der Waals surface area contributed by atoms with Crippen LogP contribution in [0.1, 0.15) is 45.2 Å². The van der Waals surface area contributed by atoms with Gasteiger partial charge >= 0.3 is 11.7 Å². The number of nitro groups is 1. The highest BCUT2D eigenvalue weighted by Gasteiger charge is 2.28. The highest BCUT2D eigenvalue weighted by atomic mass is 16.6. The zero-order valence-corrected chi connectivity index (χ0v) is 12.6. The average molecular weight is 298 g/mol. The van der Waals surface area contributed by atoms with Crippen molar-refractivity contribution >= 4 is 17.5 Å². The van der Waals surface area contributed by atoms with Crippen molar-refractivity contribution in [1.29, 1.82) is 0 Å². The quantitative estimate of drug-likeness (QED) is 0.534. The molecular weight excluding hydrogens is 276 g/mol. The van der Waals surface area contributed by atoms with Crippen molar-refractivity contribution in [3.05, 3.63) is 15.8 Å². The molecule has 1 atom stereocenters. The third-order valence-electron chi connectivity index (χ3n) is 3.16. The number of hydrogen-bond donors (Lipinski definition) is 2. The number of hydrogen-bond acceptors (Lipinski definition) is 5. The van der Waals surface area contributed by atoms with E-state index in [9.17, 15) is 14.9 Å². The van der Waals surface area contributed by atoms with Crippen LogP contribution in [-0.4, -0.2) is 31.8 Å². The second-order valence-electron chi connectivity index (χ2n) is 5.00. The molecule has 0 aliphatic heterocycles. The summed E-state index contributed by atoms with van der Waals surface area (Å²) in [5.41, 5.74) is 0.379. The van der Waals surface area contributed by atoms with Crippen molar-refractivity contribution in [3.63, 3.8) is 0 Å². The average Bonchev–Trinajstić information content (AvgIpc) is 2.66. The molecule has 1 heterocycles. The van der Waals surface area contributed by atoms with E-state index in [1.54, 1.807) is 7.05 Å². The summed E-state index contributed by atoms with van der Waals surface area (Å²) in [5, 5.41) is 27.4. The first-order valence-corrected chi connectivity index (χ1v) is 7.09. The van der Waals surface area contributed by atoms with Crippen LogP contribution in [0.5, 0.6) is 0 Å². The van der Waals surface area contributed by atoms with Gasteiger partial charge in [-0.1, -0.05) is 26.7 Å². The Balaban J connectivity index is 3.09. The normalized spacial score (nSPS) is 12.1. The number of carbonyl (C=O) groups is 1. The molecule has 0 aliphatic rings. The van der Waals surface area contributed by atoms with Gasteiger partial charge in [-0.3, -0.25) is 14.9 Å². The van der Waals surface area contributed by atoms with Gasteiger partial charge in [0.1, 0.15) is 5.69 Å². The van der Waals surface area contributed by atoms with E-state index in [0.717, 1.165) is 12.8 Å². The Labute approximate surface area is 123 Å². The zero-order valence-electron chi connectivity index (χ0n) is 12.6. The van der Waals surface area contributed by atoms with E-state index in [1.807, 2.05) is 13.8 Å². The number of nitrogens with zero attached hydrogens (tertiary/aromatic N) is 3. The molecule has 8 heteroatoms. The number of aryl methyl sites for hydroxylation is 2. The lowest BCUT2D eigenvalue weighted by atomic mass is 10.1. The lowest BCUT2D eigenvalue weighted by Gasteiger charge is -2.16. The molecule has 8 nitrogen and oxygen atoms in total. The molecule has 1 aromatic rings. The molecule has 2 N–H and O–H groups in total. The van der Waals surface area contributed by atoms with Gasteiger partial charge in [0.05, 0.1) is 11.3 Å².